The number of hydrogen-bond acceptors (Lipinski definition) is 7. The van der Waals surface area contributed by atoms with Gasteiger partial charge in [-0.3, -0.25) is 14.4 Å². The lowest BCUT2D eigenvalue weighted by atomic mass is 9.75. The summed E-state index contributed by atoms with van der Waals surface area (Å²) in [5.74, 6) is -1.71. The van der Waals surface area contributed by atoms with Crippen LogP contribution in [0.2, 0.25) is 0 Å². The predicted molar refractivity (Wildman–Crippen MR) is 171 cm³/mol. The van der Waals surface area contributed by atoms with E-state index in [1.165, 1.54) is 0 Å². The highest BCUT2D eigenvalue weighted by Crippen LogP contribution is 2.35. The molecule has 8 heteroatoms. The molecule has 1 N–H and O–H groups in total. The molecule has 1 heterocycles. The molecule has 1 saturated carbocycles. The Bertz CT molecular complexity index is 1140. The highest BCUT2D eigenvalue weighted by Gasteiger charge is 2.38. The van der Waals surface area contributed by atoms with E-state index >= 15 is 0 Å². The summed E-state index contributed by atoms with van der Waals surface area (Å²) in [6.45, 7) is 18.0. The normalized spacial score (nSPS) is 26.5. The van der Waals surface area contributed by atoms with Crippen molar-refractivity contribution < 1.29 is 33.3 Å². The highest BCUT2D eigenvalue weighted by atomic mass is 16.7. The Morgan fingerprint density at radius 2 is 1.68 bits per heavy atom. The van der Waals surface area contributed by atoms with Gasteiger partial charge in [0.05, 0.1) is 18.6 Å². The summed E-state index contributed by atoms with van der Waals surface area (Å²) >= 11 is 0. The number of rotatable bonds is 11. The van der Waals surface area contributed by atoms with E-state index in [0.29, 0.717) is 37.1 Å². The lowest BCUT2D eigenvalue weighted by Crippen LogP contribution is -2.47. The summed E-state index contributed by atoms with van der Waals surface area (Å²) < 4.78 is 23.6. The summed E-state index contributed by atoms with van der Waals surface area (Å²) in [7, 11) is 0. The van der Waals surface area contributed by atoms with Crippen molar-refractivity contribution in [1.82, 2.24) is 5.32 Å². The number of allylic oxidation sites excluding steroid dienone is 1. The molecular formula is C36H55NO7. The summed E-state index contributed by atoms with van der Waals surface area (Å²) in [5.41, 5.74) is 1.20. The zero-order chi connectivity index (χ0) is 32.7. The maximum absolute atomic E-state index is 13.6. The first-order valence-corrected chi connectivity index (χ1v) is 16.3. The summed E-state index contributed by atoms with van der Waals surface area (Å²) in [6.07, 6.45) is 4.81. The third-order valence-corrected chi connectivity index (χ3v) is 8.35. The van der Waals surface area contributed by atoms with Gasteiger partial charge in [0.2, 0.25) is 5.91 Å². The predicted octanol–water partition coefficient (Wildman–Crippen LogP) is 6.86. The topological polar surface area (TPSA) is 100 Å². The standard InChI is InChI=1S/C36H55NO7/c1-23(2)27-17-24(3)18-29(20-27)41-34(40)31(19-25(4)26-13-11-10-12-14-26)33(39)37-16-15-28-21-30(43-36(8,9)42-28)22-32(38)44-35(5,6)7/h10-14,19,23-24,27-31H,15-18,20-22H2,1-9H3,(H,37,39)/b25-19+/t24-,27-,28-,29-,30-,31?/m1/s1. The van der Waals surface area contributed by atoms with E-state index in [1.807, 2.05) is 71.9 Å². The molecule has 0 radical (unpaired) electrons. The van der Waals surface area contributed by atoms with Crippen molar-refractivity contribution >= 4 is 23.4 Å². The minimum absolute atomic E-state index is 0.127. The molecule has 1 aliphatic carbocycles. The van der Waals surface area contributed by atoms with Crippen LogP contribution in [-0.4, -0.2) is 54.1 Å². The first kappa shape index (κ1) is 35.8. The lowest BCUT2D eigenvalue weighted by molar-refractivity contribution is -0.300. The molecule has 1 aromatic rings. The van der Waals surface area contributed by atoms with Crippen LogP contribution in [0.15, 0.2) is 36.4 Å². The average molecular weight is 614 g/mol. The Kier molecular flexibility index (Phi) is 12.6. The molecule has 3 rings (SSSR count). The van der Waals surface area contributed by atoms with Gasteiger partial charge in [0.25, 0.3) is 0 Å². The Morgan fingerprint density at radius 3 is 2.32 bits per heavy atom. The third kappa shape index (κ3) is 11.7. The molecule has 1 amide bonds. The largest absolute Gasteiger partial charge is 0.462 e. The van der Waals surface area contributed by atoms with Gasteiger partial charge in [-0.15, -0.1) is 0 Å². The van der Waals surface area contributed by atoms with E-state index < -0.39 is 29.2 Å². The second-order valence-corrected chi connectivity index (χ2v) is 14.6. The number of carbonyl (C=O) groups is 3. The summed E-state index contributed by atoms with van der Waals surface area (Å²) in [5, 5.41) is 2.96. The lowest BCUT2D eigenvalue weighted by Gasteiger charge is -2.41. The highest BCUT2D eigenvalue weighted by molar-refractivity contribution is 6.01. The van der Waals surface area contributed by atoms with Crippen molar-refractivity contribution in [2.75, 3.05) is 6.54 Å². The molecular weight excluding hydrogens is 558 g/mol. The molecule has 2 fully saturated rings. The minimum atomic E-state index is -1.07. The van der Waals surface area contributed by atoms with E-state index in [2.05, 4.69) is 26.1 Å². The van der Waals surface area contributed by atoms with E-state index in [0.717, 1.165) is 30.4 Å². The number of carbonyl (C=O) groups excluding carboxylic acids is 3. The Morgan fingerprint density at radius 1 is 1.02 bits per heavy atom. The average Bonchev–Trinajstić information content (AvgIpc) is 2.89. The van der Waals surface area contributed by atoms with Gasteiger partial charge in [0, 0.05) is 13.0 Å². The molecule has 2 aliphatic rings. The van der Waals surface area contributed by atoms with Gasteiger partial charge in [-0.2, -0.15) is 0 Å². The van der Waals surface area contributed by atoms with Gasteiger partial charge in [-0.25, -0.2) is 0 Å². The zero-order valence-corrected chi connectivity index (χ0v) is 28.3. The van der Waals surface area contributed by atoms with Crippen molar-refractivity contribution in [2.45, 2.75) is 131 Å². The Hall–Kier alpha value is -2.71. The van der Waals surface area contributed by atoms with Crippen molar-refractivity contribution in [1.29, 1.82) is 0 Å². The number of amides is 1. The van der Waals surface area contributed by atoms with Crippen LogP contribution in [0, 0.1) is 23.7 Å². The fourth-order valence-electron chi connectivity index (χ4n) is 6.33. The summed E-state index contributed by atoms with van der Waals surface area (Å²) in [4.78, 5) is 39.6. The zero-order valence-electron chi connectivity index (χ0n) is 28.3. The van der Waals surface area contributed by atoms with Crippen LogP contribution in [0.1, 0.15) is 106 Å². The molecule has 0 aromatic heterocycles. The molecule has 1 aliphatic heterocycles. The van der Waals surface area contributed by atoms with Crippen LogP contribution < -0.4 is 5.32 Å². The van der Waals surface area contributed by atoms with E-state index in [4.69, 9.17) is 18.9 Å². The maximum Gasteiger partial charge on any atom is 0.322 e. The smallest absolute Gasteiger partial charge is 0.322 e. The maximum atomic E-state index is 13.6. The SMILES string of the molecule is C/C(=C\C(C(=O)NCC[C@@H]1C[C@H](CC(=O)OC(C)(C)C)OC(C)(C)O1)C(=O)O[C@@H]1C[C@H](C)C[C@@H](C(C)C)C1)c1ccccc1. The van der Waals surface area contributed by atoms with Crippen LogP contribution >= 0.6 is 0 Å². The molecule has 1 aromatic carbocycles. The van der Waals surface area contributed by atoms with Crippen LogP contribution in [0.3, 0.4) is 0 Å². The molecule has 8 nitrogen and oxygen atoms in total. The van der Waals surface area contributed by atoms with Crippen molar-refractivity contribution in [3.05, 3.63) is 42.0 Å². The molecule has 0 bridgehead atoms. The number of nitrogens with one attached hydrogen (secondary N) is 1. The number of ether oxygens (including phenoxy) is 4. The van der Waals surface area contributed by atoms with Gasteiger partial charge in [0.1, 0.15) is 11.7 Å². The number of esters is 2. The van der Waals surface area contributed by atoms with Gasteiger partial charge >= 0.3 is 11.9 Å². The first-order valence-electron chi connectivity index (χ1n) is 16.3. The van der Waals surface area contributed by atoms with Gasteiger partial charge in [-0.1, -0.05) is 57.2 Å². The number of benzene rings is 1. The fraction of sp³-hybridized carbons (Fsp3) is 0.694. The Balaban J connectivity index is 1.66. The van der Waals surface area contributed by atoms with Crippen LogP contribution in [0.5, 0.6) is 0 Å². The van der Waals surface area contributed by atoms with Gasteiger partial charge in [-0.05, 0) is 96.1 Å². The second kappa shape index (κ2) is 15.5. The third-order valence-electron chi connectivity index (χ3n) is 8.35. The van der Waals surface area contributed by atoms with Crippen LogP contribution in [-0.2, 0) is 33.3 Å². The molecule has 6 atom stereocenters. The van der Waals surface area contributed by atoms with Gasteiger partial charge < -0.3 is 24.3 Å². The molecule has 246 valence electrons. The summed E-state index contributed by atoms with van der Waals surface area (Å²) in [6, 6.07) is 9.71. The van der Waals surface area contributed by atoms with Crippen molar-refractivity contribution in [3.8, 4) is 0 Å². The monoisotopic (exact) mass is 613 g/mol. The molecule has 0 spiro atoms. The quantitative estimate of drug-likeness (QED) is 0.215. The molecule has 44 heavy (non-hydrogen) atoms. The second-order valence-electron chi connectivity index (χ2n) is 14.6. The minimum Gasteiger partial charge on any atom is -0.462 e. The molecule has 1 unspecified atom stereocenters. The van der Waals surface area contributed by atoms with E-state index in [9.17, 15) is 14.4 Å². The van der Waals surface area contributed by atoms with Gasteiger partial charge in [0.15, 0.2) is 11.7 Å². The first-order chi connectivity index (χ1) is 20.5. The fourth-order valence-corrected chi connectivity index (χ4v) is 6.33. The number of hydrogen-bond donors (Lipinski definition) is 1. The van der Waals surface area contributed by atoms with Crippen molar-refractivity contribution in [3.63, 3.8) is 0 Å². The van der Waals surface area contributed by atoms with Crippen molar-refractivity contribution in [2.24, 2.45) is 23.7 Å². The van der Waals surface area contributed by atoms with Crippen LogP contribution in [0.4, 0.5) is 0 Å². The van der Waals surface area contributed by atoms with E-state index in [1.54, 1.807) is 6.08 Å². The van der Waals surface area contributed by atoms with E-state index in [-0.39, 0.29) is 30.7 Å². The molecule has 1 saturated heterocycles. The van der Waals surface area contributed by atoms with Crippen LogP contribution in [0.25, 0.3) is 5.57 Å². The Labute approximate surface area is 264 Å².